The van der Waals surface area contributed by atoms with E-state index in [-0.39, 0.29) is 22.7 Å². The van der Waals surface area contributed by atoms with E-state index in [1.54, 1.807) is 11.5 Å². The van der Waals surface area contributed by atoms with Gasteiger partial charge in [0.05, 0.1) is 10.3 Å². The number of carbonyl (C=O) groups excluding carboxylic acids is 1. The Hall–Kier alpha value is -3.01. The third-order valence-corrected chi connectivity index (χ3v) is 5.96. The van der Waals surface area contributed by atoms with Crippen LogP contribution in [0.1, 0.15) is 27.5 Å². The topological polar surface area (TPSA) is 82.4 Å². The van der Waals surface area contributed by atoms with Crippen molar-refractivity contribution in [2.24, 2.45) is 0 Å². The molecule has 0 fully saturated rings. The highest BCUT2D eigenvalue weighted by Gasteiger charge is 2.43. The summed E-state index contributed by atoms with van der Waals surface area (Å²) in [5.41, 5.74) is 0.703. The molecule has 7 nitrogen and oxygen atoms in total. The predicted molar refractivity (Wildman–Crippen MR) is 97.5 cm³/mol. The van der Waals surface area contributed by atoms with E-state index < -0.39 is 12.2 Å². The number of anilines is 1. The molecule has 0 saturated carbocycles. The maximum Gasteiger partial charge on any atom is 0.586 e. The van der Waals surface area contributed by atoms with Gasteiger partial charge in [0.15, 0.2) is 11.5 Å². The lowest BCUT2D eigenvalue weighted by Gasteiger charge is -2.05. The average molecular weight is 405 g/mol. The van der Waals surface area contributed by atoms with E-state index in [0.717, 1.165) is 30.0 Å². The molecule has 0 bridgehead atoms. The van der Waals surface area contributed by atoms with Crippen molar-refractivity contribution in [2.45, 2.75) is 32.6 Å². The Morgan fingerprint density at radius 1 is 1.32 bits per heavy atom. The van der Waals surface area contributed by atoms with Crippen LogP contribution >= 0.6 is 11.3 Å². The molecule has 10 heteroatoms. The Balaban J connectivity index is 1.48. The van der Waals surface area contributed by atoms with Gasteiger partial charge in [0, 0.05) is 24.7 Å². The minimum atomic E-state index is -3.72. The number of hydrogen-bond acceptors (Lipinski definition) is 6. The van der Waals surface area contributed by atoms with Crippen LogP contribution in [0.25, 0.3) is 10.2 Å². The van der Waals surface area contributed by atoms with E-state index in [4.69, 9.17) is 0 Å². The number of aryl methyl sites for hydroxylation is 2. The number of alkyl halides is 2. The first kappa shape index (κ1) is 17.1. The summed E-state index contributed by atoms with van der Waals surface area (Å²) in [6, 6.07) is 3.99. The Bertz CT molecular complexity index is 1220. The lowest BCUT2D eigenvalue weighted by atomic mass is 10.2. The van der Waals surface area contributed by atoms with Crippen molar-refractivity contribution in [3.05, 3.63) is 44.8 Å². The van der Waals surface area contributed by atoms with Crippen molar-refractivity contribution < 1.29 is 23.0 Å². The molecule has 4 heterocycles. The number of benzene rings is 1. The Labute approximate surface area is 160 Å². The average Bonchev–Trinajstić information content (AvgIpc) is 3.29. The van der Waals surface area contributed by atoms with Gasteiger partial charge in [-0.15, -0.1) is 20.1 Å². The quantitative estimate of drug-likeness (QED) is 0.708. The number of rotatable bonds is 2. The third kappa shape index (κ3) is 2.55. The van der Waals surface area contributed by atoms with Gasteiger partial charge in [-0.2, -0.15) is 0 Å². The molecule has 0 saturated heterocycles. The Morgan fingerprint density at radius 3 is 2.93 bits per heavy atom. The lowest BCUT2D eigenvalue weighted by Crippen LogP contribution is -2.25. The van der Waals surface area contributed by atoms with Crippen molar-refractivity contribution in [2.75, 3.05) is 5.32 Å². The maximum absolute atomic E-state index is 13.1. The molecule has 1 aromatic carbocycles. The van der Waals surface area contributed by atoms with Crippen LogP contribution < -0.4 is 20.3 Å². The Kier molecular flexibility index (Phi) is 3.51. The second-order valence-electron chi connectivity index (χ2n) is 6.61. The van der Waals surface area contributed by atoms with Crippen LogP contribution in [0.4, 0.5) is 14.5 Å². The van der Waals surface area contributed by atoms with E-state index in [2.05, 4.69) is 19.8 Å². The molecule has 5 rings (SSSR count). The molecular weight excluding hydrogens is 392 g/mol. The fourth-order valence-corrected chi connectivity index (χ4v) is 4.59. The summed E-state index contributed by atoms with van der Waals surface area (Å²) in [5.74, 6) is 0.0260. The van der Waals surface area contributed by atoms with Gasteiger partial charge in [-0.1, -0.05) is 0 Å². The number of fused-ring (bicyclic) bond motifs is 3. The highest BCUT2D eigenvalue weighted by Crippen LogP contribution is 2.42. The van der Waals surface area contributed by atoms with Crippen molar-refractivity contribution in [3.8, 4) is 11.5 Å². The van der Waals surface area contributed by atoms with E-state index in [1.165, 1.54) is 18.2 Å². The van der Waals surface area contributed by atoms with Gasteiger partial charge >= 0.3 is 6.29 Å². The largest absolute Gasteiger partial charge is 0.586 e. The summed E-state index contributed by atoms with van der Waals surface area (Å²) < 4.78 is 36.7. The first-order chi connectivity index (χ1) is 13.3. The molecule has 2 aromatic heterocycles. The summed E-state index contributed by atoms with van der Waals surface area (Å²) in [5, 5.41) is 3.10. The minimum Gasteiger partial charge on any atom is -0.395 e. The monoisotopic (exact) mass is 405 g/mol. The van der Waals surface area contributed by atoms with Crippen LogP contribution in [0.3, 0.4) is 0 Å². The molecule has 28 heavy (non-hydrogen) atoms. The second-order valence-corrected chi connectivity index (χ2v) is 7.61. The third-order valence-electron chi connectivity index (χ3n) is 4.78. The van der Waals surface area contributed by atoms with Crippen molar-refractivity contribution >= 4 is 33.1 Å². The molecular formula is C18H13F2N3O4S. The molecule has 144 valence electrons. The first-order valence-electron chi connectivity index (χ1n) is 8.56. The number of nitrogens with one attached hydrogen (secondary N) is 1. The van der Waals surface area contributed by atoms with Gasteiger partial charge in [-0.25, -0.2) is 4.98 Å². The summed E-state index contributed by atoms with van der Waals surface area (Å²) >= 11 is 1.14. The normalized spacial score (nSPS) is 16.4. The van der Waals surface area contributed by atoms with Gasteiger partial charge in [0.2, 0.25) is 0 Å². The molecule has 0 atom stereocenters. The second kappa shape index (κ2) is 5.74. The SMILES string of the molecule is Cc1c(C(=O)Nc2ccc3c(c2)OC(F)(F)O3)sc2nc3n(c(=O)c12)CCC3. The van der Waals surface area contributed by atoms with E-state index in [0.29, 0.717) is 27.2 Å². The van der Waals surface area contributed by atoms with E-state index in [1.807, 2.05) is 0 Å². The number of thiophene rings is 1. The number of carbonyl (C=O) groups is 1. The summed E-state index contributed by atoms with van der Waals surface area (Å²) in [7, 11) is 0. The van der Waals surface area contributed by atoms with Gasteiger partial charge < -0.3 is 14.8 Å². The van der Waals surface area contributed by atoms with Crippen LogP contribution in [0.5, 0.6) is 11.5 Å². The first-order valence-corrected chi connectivity index (χ1v) is 9.38. The lowest BCUT2D eigenvalue weighted by molar-refractivity contribution is -0.286. The van der Waals surface area contributed by atoms with Crippen molar-refractivity contribution in [1.29, 1.82) is 0 Å². The smallest absolute Gasteiger partial charge is 0.395 e. The zero-order valence-corrected chi connectivity index (χ0v) is 15.4. The molecule has 0 spiro atoms. The zero-order chi connectivity index (χ0) is 19.6. The van der Waals surface area contributed by atoms with Crippen LogP contribution in [-0.2, 0) is 13.0 Å². The van der Waals surface area contributed by atoms with Crippen LogP contribution in [0.15, 0.2) is 23.0 Å². The number of halogens is 2. The van der Waals surface area contributed by atoms with Crippen LogP contribution in [0.2, 0.25) is 0 Å². The number of aromatic nitrogens is 2. The van der Waals surface area contributed by atoms with Crippen molar-refractivity contribution in [1.82, 2.24) is 9.55 Å². The van der Waals surface area contributed by atoms with Gasteiger partial charge in [-0.3, -0.25) is 14.2 Å². The molecule has 1 N–H and O–H groups in total. The standard InChI is InChI=1S/C18H13F2N3O4S/c1-8-13-16(22-12-3-2-6-23(12)17(13)25)28-14(8)15(24)21-9-4-5-10-11(7-9)27-18(19,20)26-10/h4-5,7H,2-3,6H2,1H3,(H,21,24). The number of amides is 1. The molecule has 0 unspecified atom stereocenters. The van der Waals surface area contributed by atoms with Crippen LogP contribution in [-0.4, -0.2) is 21.8 Å². The zero-order valence-electron chi connectivity index (χ0n) is 14.5. The van der Waals surface area contributed by atoms with Crippen LogP contribution in [0, 0.1) is 6.92 Å². The highest BCUT2D eigenvalue weighted by atomic mass is 32.1. The van der Waals surface area contributed by atoms with Crippen molar-refractivity contribution in [3.63, 3.8) is 0 Å². The maximum atomic E-state index is 13.1. The molecule has 0 aliphatic carbocycles. The Morgan fingerprint density at radius 2 is 2.11 bits per heavy atom. The summed E-state index contributed by atoms with van der Waals surface area (Å²) in [4.78, 5) is 30.9. The van der Waals surface area contributed by atoms with Gasteiger partial charge in [0.1, 0.15) is 10.7 Å². The highest BCUT2D eigenvalue weighted by molar-refractivity contribution is 7.20. The molecule has 2 aliphatic heterocycles. The predicted octanol–water partition coefficient (Wildman–Crippen LogP) is 3.29. The molecule has 1 amide bonds. The number of nitrogens with zero attached hydrogens (tertiary/aromatic N) is 2. The molecule has 2 aliphatic rings. The fraction of sp³-hybridized carbons (Fsp3) is 0.278. The molecule has 0 radical (unpaired) electrons. The molecule has 3 aromatic rings. The number of hydrogen-bond donors (Lipinski definition) is 1. The van der Waals surface area contributed by atoms with E-state index >= 15 is 0 Å². The fourth-order valence-electron chi connectivity index (χ4n) is 3.51. The van der Waals surface area contributed by atoms with Gasteiger partial charge in [-0.05, 0) is 31.0 Å². The minimum absolute atomic E-state index is 0.104. The summed E-state index contributed by atoms with van der Waals surface area (Å²) in [6.07, 6.45) is -2.10. The van der Waals surface area contributed by atoms with E-state index in [9.17, 15) is 18.4 Å². The van der Waals surface area contributed by atoms with Gasteiger partial charge in [0.25, 0.3) is 11.5 Å². The summed E-state index contributed by atoms with van der Waals surface area (Å²) in [6.45, 7) is 2.34. The number of ether oxygens (including phenoxy) is 2.